The Hall–Kier alpha value is -2.66. The number of hydrogen-bond donors (Lipinski definition) is 4. The third-order valence-corrected chi connectivity index (χ3v) is 9.34. The summed E-state index contributed by atoms with van der Waals surface area (Å²) in [6.07, 6.45) is 10.4. The van der Waals surface area contributed by atoms with Gasteiger partial charge in [-0.15, -0.1) is 16.7 Å². The fourth-order valence-electron chi connectivity index (χ4n) is 7.31. The summed E-state index contributed by atoms with van der Waals surface area (Å²) in [7, 11) is 0. The molecular weight excluding hydrogens is 560 g/mol. The lowest BCUT2D eigenvalue weighted by molar-refractivity contribution is -0.225. The maximum absolute atomic E-state index is 12.8. The number of aliphatic hydroxyl groups excluding tert-OH is 2. The van der Waals surface area contributed by atoms with E-state index in [1.165, 1.54) is 0 Å². The van der Waals surface area contributed by atoms with Gasteiger partial charge in [0.2, 0.25) is 5.79 Å². The van der Waals surface area contributed by atoms with Gasteiger partial charge in [-0.25, -0.2) is 4.68 Å². The van der Waals surface area contributed by atoms with Crippen LogP contribution in [0.15, 0.2) is 41.2 Å². The molecular formula is C31H43ClN4O6. The Morgan fingerprint density at radius 3 is 2.67 bits per heavy atom. The zero-order chi connectivity index (χ0) is 29.7. The summed E-state index contributed by atoms with van der Waals surface area (Å²) in [5.41, 5.74) is 3.35. The van der Waals surface area contributed by atoms with Gasteiger partial charge in [0.05, 0.1) is 23.5 Å². The Bertz CT molecular complexity index is 1270. The van der Waals surface area contributed by atoms with E-state index in [1.54, 1.807) is 29.1 Å². The summed E-state index contributed by atoms with van der Waals surface area (Å²) < 4.78 is 8.36. The van der Waals surface area contributed by atoms with E-state index in [4.69, 9.17) is 21.2 Å². The van der Waals surface area contributed by atoms with Crippen molar-refractivity contribution in [1.29, 1.82) is 0 Å². The van der Waals surface area contributed by atoms with Crippen molar-refractivity contribution < 1.29 is 30.0 Å². The molecule has 1 saturated carbocycles. The molecule has 0 radical (unpaired) electrons. The van der Waals surface area contributed by atoms with Crippen LogP contribution in [-0.2, 0) is 11.3 Å². The number of halogens is 1. The van der Waals surface area contributed by atoms with Crippen molar-refractivity contribution in [2.75, 3.05) is 25.7 Å². The van der Waals surface area contributed by atoms with Gasteiger partial charge in [0.15, 0.2) is 0 Å². The van der Waals surface area contributed by atoms with Crippen LogP contribution in [0, 0.1) is 17.8 Å². The number of unbranched alkanes of at least 4 members (excludes halogenated alkanes) is 2. The van der Waals surface area contributed by atoms with Gasteiger partial charge in [0.25, 0.3) is 0 Å². The molecule has 5 rings (SSSR count). The van der Waals surface area contributed by atoms with E-state index in [0.717, 1.165) is 54.6 Å². The largest absolute Gasteiger partial charge is 0.508 e. The van der Waals surface area contributed by atoms with E-state index in [1.807, 2.05) is 6.92 Å². The SMILES string of the molecule is CCON=C1CC(n2nncc2CCCCl)C2(O)Oc3ccc(O)cc3C3C(CCCCO)C(CCCCO)C=C1C32. The Balaban J connectivity index is 1.69. The second-order valence-corrected chi connectivity index (χ2v) is 12.0. The van der Waals surface area contributed by atoms with E-state index in [0.29, 0.717) is 43.9 Å². The molecule has 6 unspecified atom stereocenters. The number of nitrogens with zero attached hydrogens (tertiary/aromatic N) is 4. The van der Waals surface area contributed by atoms with E-state index in [9.17, 15) is 20.4 Å². The maximum Gasteiger partial charge on any atom is 0.238 e. The van der Waals surface area contributed by atoms with Gasteiger partial charge >= 0.3 is 0 Å². The number of ether oxygens (including phenoxy) is 1. The standard InChI is InChI=1S/C31H43ClN4O6/c1-2-41-34-26-18-28(36-21(9-7-13-32)19-33-35-36)31(40)30-24(26)16-20(8-3-5-14-37)23(10-4-6-15-38)29(30)25-17-22(39)11-12-27(25)42-31/h11-12,16-17,19-20,23,28-30,37-40H,2-10,13-15,18H2,1H3. The first-order valence-electron chi connectivity index (χ1n) is 15.3. The van der Waals surface area contributed by atoms with Crippen LogP contribution in [0.3, 0.4) is 0 Å². The average molecular weight is 603 g/mol. The lowest BCUT2D eigenvalue weighted by Gasteiger charge is -2.56. The highest BCUT2D eigenvalue weighted by atomic mass is 35.5. The number of aryl methyl sites for hydroxylation is 1. The summed E-state index contributed by atoms with van der Waals surface area (Å²) in [6.45, 7) is 2.54. The van der Waals surface area contributed by atoms with Crippen LogP contribution in [0.4, 0.5) is 0 Å². The van der Waals surface area contributed by atoms with Crippen molar-refractivity contribution in [1.82, 2.24) is 15.0 Å². The predicted molar refractivity (Wildman–Crippen MR) is 159 cm³/mol. The number of allylic oxidation sites excluding steroid dienone is 1. The quantitative estimate of drug-likeness (QED) is 0.141. The number of phenolic OH excluding ortho intramolecular Hbond substituents is 1. The summed E-state index contributed by atoms with van der Waals surface area (Å²) in [5.74, 6) is -0.986. The molecule has 0 amide bonds. The van der Waals surface area contributed by atoms with Crippen LogP contribution >= 0.6 is 11.6 Å². The normalized spacial score (nSPS) is 29.0. The Morgan fingerprint density at radius 2 is 1.93 bits per heavy atom. The van der Waals surface area contributed by atoms with Crippen molar-refractivity contribution in [3.63, 3.8) is 0 Å². The van der Waals surface area contributed by atoms with E-state index < -0.39 is 17.7 Å². The number of phenols is 1. The smallest absolute Gasteiger partial charge is 0.238 e. The molecule has 230 valence electrons. The van der Waals surface area contributed by atoms with E-state index in [2.05, 4.69) is 21.5 Å². The van der Waals surface area contributed by atoms with Gasteiger partial charge in [-0.1, -0.05) is 29.3 Å². The van der Waals surface area contributed by atoms with Gasteiger partial charge in [-0.3, -0.25) is 0 Å². The Labute approximate surface area is 252 Å². The summed E-state index contributed by atoms with van der Waals surface area (Å²) in [4.78, 5) is 5.63. The zero-order valence-corrected chi connectivity index (χ0v) is 25.0. The molecule has 1 fully saturated rings. The summed E-state index contributed by atoms with van der Waals surface area (Å²) in [6, 6.07) is 4.44. The first kappa shape index (κ1) is 30.8. The maximum atomic E-state index is 12.8. The van der Waals surface area contributed by atoms with Crippen molar-refractivity contribution >= 4 is 17.3 Å². The molecule has 1 aromatic carbocycles. The van der Waals surface area contributed by atoms with Gasteiger partial charge in [0.1, 0.15) is 24.1 Å². The van der Waals surface area contributed by atoms with Gasteiger partial charge in [-0.05, 0) is 81.1 Å². The fourth-order valence-corrected chi connectivity index (χ4v) is 7.44. The van der Waals surface area contributed by atoms with Gasteiger partial charge in [-0.2, -0.15) is 0 Å². The third-order valence-electron chi connectivity index (χ3n) is 9.07. The summed E-state index contributed by atoms with van der Waals surface area (Å²) >= 11 is 6.02. The monoisotopic (exact) mass is 602 g/mol. The minimum Gasteiger partial charge on any atom is -0.508 e. The number of aliphatic hydroxyl groups is 3. The van der Waals surface area contributed by atoms with E-state index in [-0.39, 0.29) is 36.7 Å². The molecule has 4 N–H and O–H groups in total. The number of aromatic nitrogens is 3. The Kier molecular flexibility index (Phi) is 10.1. The Morgan fingerprint density at radius 1 is 1.14 bits per heavy atom. The number of benzene rings is 1. The molecule has 0 spiro atoms. The topological polar surface area (TPSA) is 142 Å². The number of alkyl halides is 1. The molecule has 11 heteroatoms. The van der Waals surface area contributed by atoms with Crippen molar-refractivity contribution in [2.45, 2.75) is 82.5 Å². The molecule has 0 bridgehead atoms. The van der Waals surface area contributed by atoms with E-state index >= 15 is 0 Å². The molecule has 1 aromatic heterocycles. The number of oxime groups is 1. The highest BCUT2D eigenvalue weighted by Gasteiger charge is 2.63. The summed E-state index contributed by atoms with van der Waals surface area (Å²) in [5, 5.41) is 55.7. The van der Waals surface area contributed by atoms with Crippen LogP contribution in [0.25, 0.3) is 0 Å². The molecule has 2 aliphatic carbocycles. The van der Waals surface area contributed by atoms with Gasteiger partial charge < -0.3 is 30.0 Å². The molecule has 2 aromatic rings. The lowest BCUT2D eigenvalue weighted by Crippen LogP contribution is -2.62. The second kappa shape index (κ2) is 13.8. The fraction of sp³-hybridized carbons (Fsp3) is 0.645. The molecule has 0 saturated heterocycles. The number of hydrogen-bond acceptors (Lipinski definition) is 9. The average Bonchev–Trinajstić information content (AvgIpc) is 3.45. The van der Waals surface area contributed by atoms with Crippen LogP contribution in [0.5, 0.6) is 11.5 Å². The number of aromatic hydroxyl groups is 1. The number of fused-ring (bicyclic) bond motifs is 2. The molecule has 6 atom stereocenters. The molecule has 42 heavy (non-hydrogen) atoms. The first-order chi connectivity index (χ1) is 20.5. The minimum absolute atomic E-state index is 0.0959. The zero-order valence-electron chi connectivity index (χ0n) is 24.2. The van der Waals surface area contributed by atoms with Crippen LogP contribution < -0.4 is 4.74 Å². The highest BCUT2D eigenvalue weighted by molar-refractivity contribution is 6.17. The first-order valence-corrected chi connectivity index (χ1v) is 15.8. The van der Waals surface area contributed by atoms with Crippen molar-refractivity contribution in [2.24, 2.45) is 22.9 Å². The molecule has 3 aliphatic rings. The number of rotatable bonds is 14. The second-order valence-electron chi connectivity index (χ2n) is 11.6. The van der Waals surface area contributed by atoms with Crippen LogP contribution in [-0.4, -0.2) is 72.6 Å². The third kappa shape index (κ3) is 5.91. The highest BCUT2D eigenvalue weighted by Crippen LogP contribution is 2.62. The molecule has 2 heterocycles. The minimum atomic E-state index is -1.68. The van der Waals surface area contributed by atoms with Crippen molar-refractivity contribution in [3.8, 4) is 11.5 Å². The predicted octanol–water partition coefficient (Wildman–Crippen LogP) is 4.47. The van der Waals surface area contributed by atoms with Crippen LogP contribution in [0.2, 0.25) is 0 Å². The molecule has 1 aliphatic heterocycles. The van der Waals surface area contributed by atoms with Crippen molar-refractivity contribution in [3.05, 3.63) is 47.3 Å². The van der Waals surface area contributed by atoms with Gasteiger partial charge in [0, 0.05) is 37.0 Å². The lowest BCUT2D eigenvalue weighted by atomic mass is 9.55. The molecule has 10 nitrogen and oxygen atoms in total. The van der Waals surface area contributed by atoms with Crippen LogP contribution in [0.1, 0.15) is 81.5 Å².